The van der Waals surface area contributed by atoms with E-state index in [0.717, 1.165) is 30.5 Å². The van der Waals surface area contributed by atoms with Crippen LogP contribution in [0.1, 0.15) is 47.7 Å². The molecule has 1 N–H and O–H groups in total. The Labute approximate surface area is 138 Å². The highest BCUT2D eigenvalue weighted by molar-refractivity contribution is 6.06. The number of ether oxygens (including phenoxy) is 1. The van der Waals surface area contributed by atoms with Crippen molar-refractivity contribution in [3.63, 3.8) is 0 Å². The normalized spacial score (nSPS) is 10.4. The molecular weight excluding hydrogens is 286 g/mol. The van der Waals surface area contributed by atoms with Crippen LogP contribution in [0.15, 0.2) is 42.5 Å². The van der Waals surface area contributed by atoms with Crippen LogP contribution in [-0.2, 0) is 0 Å². The van der Waals surface area contributed by atoms with Gasteiger partial charge >= 0.3 is 0 Å². The molecule has 23 heavy (non-hydrogen) atoms. The molecule has 0 aliphatic rings. The monoisotopic (exact) mass is 311 g/mol. The molecule has 0 aromatic heterocycles. The summed E-state index contributed by atoms with van der Waals surface area (Å²) in [5.74, 6) is 0.508. The van der Waals surface area contributed by atoms with Crippen LogP contribution in [0.25, 0.3) is 0 Å². The van der Waals surface area contributed by atoms with E-state index in [9.17, 15) is 4.79 Å². The first-order chi connectivity index (χ1) is 11.1. The lowest BCUT2D eigenvalue weighted by molar-refractivity contribution is 0.102. The molecule has 0 radical (unpaired) electrons. The zero-order chi connectivity index (χ0) is 16.7. The van der Waals surface area contributed by atoms with Crippen LogP contribution in [0, 0.1) is 13.8 Å². The number of hydrogen-bond acceptors (Lipinski definition) is 2. The van der Waals surface area contributed by atoms with Crippen LogP contribution < -0.4 is 10.1 Å². The van der Waals surface area contributed by atoms with E-state index in [-0.39, 0.29) is 5.91 Å². The third kappa shape index (κ3) is 4.85. The molecule has 2 rings (SSSR count). The van der Waals surface area contributed by atoms with Crippen LogP contribution in [0.4, 0.5) is 5.69 Å². The van der Waals surface area contributed by atoms with Gasteiger partial charge in [-0.1, -0.05) is 49.6 Å². The van der Waals surface area contributed by atoms with E-state index < -0.39 is 0 Å². The number of unbranched alkanes of at least 4 members (excludes halogenated alkanes) is 2. The van der Waals surface area contributed by atoms with Crippen LogP contribution in [0.3, 0.4) is 0 Å². The van der Waals surface area contributed by atoms with Gasteiger partial charge in [0.1, 0.15) is 5.75 Å². The Balaban J connectivity index is 2.09. The van der Waals surface area contributed by atoms with Crippen molar-refractivity contribution in [2.45, 2.75) is 40.0 Å². The van der Waals surface area contributed by atoms with Gasteiger partial charge in [0.15, 0.2) is 0 Å². The quantitative estimate of drug-likeness (QED) is 0.720. The summed E-state index contributed by atoms with van der Waals surface area (Å²) in [5.41, 5.74) is 3.64. The van der Waals surface area contributed by atoms with Gasteiger partial charge in [-0.15, -0.1) is 0 Å². The fourth-order valence-electron chi connectivity index (χ4n) is 2.46. The van der Waals surface area contributed by atoms with E-state index in [1.165, 1.54) is 5.56 Å². The SMILES string of the molecule is CCCCCOc1ccccc1C(=O)Nc1ccc(C)cc1C. The smallest absolute Gasteiger partial charge is 0.259 e. The summed E-state index contributed by atoms with van der Waals surface area (Å²) in [6.07, 6.45) is 3.29. The summed E-state index contributed by atoms with van der Waals surface area (Å²) in [6.45, 7) is 6.83. The van der Waals surface area contributed by atoms with Crippen molar-refractivity contribution < 1.29 is 9.53 Å². The molecule has 2 aromatic rings. The Morgan fingerprint density at radius 1 is 1.09 bits per heavy atom. The van der Waals surface area contributed by atoms with Gasteiger partial charge in [-0.2, -0.15) is 0 Å². The lowest BCUT2D eigenvalue weighted by atomic mass is 10.1. The van der Waals surface area contributed by atoms with Gasteiger partial charge in [0.2, 0.25) is 0 Å². The van der Waals surface area contributed by atoms with E-state index in [1.54, 1.807) is 6.07 Å². The molecule has 1 amide bonds. The first-order valence-corrected chi connectivity index (χ1v) is 8.22. The van der Waals surface area contributed by atoms with Crippen molar-refractivity contribution in [1.29, 1.82) is 0 Å². The molecule has 122 valence electrons. The third-order valence-corrected chi connectivity index (χ3v) is 3.77. The maximum Gasteiger partial charge on any atom is 0.259 e. The maximum atomic E-state index is 12.6. The molecule has 2 aromatic carbocycles. The summed E-state index contributed by atoms with van der Waals surface area (Å²) >= 11 is 0. The predicted molar refractivity (Wildman–Crippen MR) is 95.3 cm³/mol. The Morgan fingerprint density at radius 3 is 2.61 bits per heavy atom. The van der Waals surface area contributed by atoms with Gasteiger partial charge in [0, 0.05) is 5.69 Å². The van der Waals surface area contributed by atoms with Crippen molar-refractivity contribution in [1.82, 2.24) is 0 Å². The molecule has 0 aliphatic heterocycles. The molecule has 0 aliphatic carbocycles. The number of anilines is 1. The van der Waals surface area contributed by atoms with E-state index in [2.05, 4.69) is 18.3 Å². The highest BCUT2D eigenvalue weighted by atomic mass is 16.5. The van der Waals surface area contributed by atoms with Gasteiger partial charge in [0.25, 0.3) is 5.91 Å². The lowest BCUT2D eigenvalue weighted by Crippen LogP contribution is -2.14. The summed E-state index contributed by atoms with van der Waals surface area (Å²) in [7, 11) is 0. The second-order valence-corrected chi connectivity index (χ2v) is 5.82. The van der Waals surface area contributed by atoms with Crippen molar-refractivity contribution in [3.05, 3.63) is 59.2 Å². The number of para-hydroxylation sites is 1. The average molecular weight is 311 g/mol. The average Bonchev–Trinajstić information content (AvgIpc) is 2.54. The fourth-order valence-corrected chi connectivity index (χ4v) is 2.46. The Morgan fingerprint density at radius 2 is 1.87 bits per heavy atom. The first-order valence-electron chi connectivity index (χ1n) is 8.22. The Kier molecular flexibility index (Phi) is 6.21. The van der Waals surface area contributed by atoms with Crippen molar-refractivity contribution in [3.8, 4) is 5.75 Å². The number of rotatable bonds is 7. The molecule has 0 saturated carbocycles. The lowest BCUT2D eigenvalue weighted by Gasteiger charge is -2.13. The molecule has 0 fully saturated rings. The third-order valence-electron chi connectivity index (χ3n) is 3.77. The molecule has 0 spiro atoms. The van der Waals surface area contributed by atoms with E-state index in [1.807, 2.05) is 44.2 Å². The van der Waals surface area contributed by atoms with Gasteiger partial charge < -0.3 is 10.1 Å². The predicted octanol–water partition coefficient (Wildman–Crippen LogP) is 5.12. The van der Waals surface area contributed by atoms with Gasteiger partial charge in [-0.05, 0) is 44.0 Å². The number of amides is 1. The van der Waals surface area contributed by atoms with E-state index in [0.29, 0.717) is 17.9 Å². The van der Waals surface area contributed by atoms with Gasteiger partial charge in [-0.25, -0.2) is 0 Å². The number of carbonyl (C=O) groups is 1. The fraction of sp³-hybridized carbons (Fsp3) is 0.350. The molecule has 0 unspecified atom stereocenters. The molecule has 3 nitrogen and oxygen atoms in total. The van der Waals surface area contributed by atoms with Crippen LogP contribution in [0.5, 0.6) is 5.75 Å². The van der Waals surface area contributed by atoms with Crippen LogP contribution in [-0.4, -0.2) is 12.5 Å². The zero-order valence-corrected chi connectivity index (χ0v) is 14.2. The Bertz CT molecular complexity index is 664. The highest BCUT2D eigenvalue weighted by Gasteiger charge is 2.13. The summed E-state index contributed by atoms with van der Waals surface area (Å²) in [6, 6.07) is 13.4. The number of nitrogens with one attached hydrogen (secondary N) is 1. The number of benzene rings is 2. The topological polar surface area (TPSA) is 38.3 Å². The highest BCUT2D eigenvalue weighted by Crippen LogP contribution is 2.22. The van der Waals surface area contributed by atoms with Crippen LogP contribution in [0.2, 0.25) is 0 Å². The zero-order valence-electron chi connectivity index (χ0n) is 14.2. The van der Waals surface area contributed by atoms with Crippen molar-refractivity contribution in [2.24, 2.45) is 0 Å². The minimum Gasteiger partial charge on any atom is -0.493 e. The molecule has 0 saturated heterocycles. The Hall–Kier alpha value is -2.29. The first kappa shape index (κ1) is 17.1. The summed E-state index contributed by atoms with van der Waals surface area (Å²) < 4.78 is 5.79. The van der Waals surface area contributed by atoms with Crippen LogP contribution >= 0.6 is 0 Å². The summed E-state index contributed by atoms with van der Waals surface area (Å²) in [5, 5.41) is 2.98. The largest absolute Gasteiger partial charge is 0.493 e. The van der Waals surface area contributed by atoms with Gasteiger partial charge in [-0.3, -0.25) is 4.79 Å². The molecular formula is C20H25NO2. The van der Waals surface area contributed by atoms with Gasteiger partial charge in [0.05, 0.1) is 12.2 Å². The second kappa shape index (κ2) is 8.37. The molecule has 0 bridgehead atoms. The number of hydrogen-bond donors (Lipinski definition) is 1. The molecule has 0 atom stereocenters. The van der Waals surface area contributed by atoms with E-state index in [4.69, 9.17) is 4.74 Å². The number of aryl methyl sites for hydroxylation is 2. The van der Waals surface area contributed by atoms with Crippen molar-refractivity contribution in [2.75, 3.05) is 11.9 Å². The van der Waals surface area contributed by atoms with Crippen molar-refractivity contribution >= 4 is 11.6 Å². The molecule has 0 heterocycles. The minimum absolute atomic E-state index is 0.136. The maximum absolute atomic E-state index is 12.6. The molecule has 3 heteroatoms. The van der Waals surface area contributed by atoms with E-state index >= 15 is 0 Å². The summed E-state index contributed by atoms with van der Waals surface area (Å²) in [4.78, 5) is 12.6. The number of carbonyl (C=O) groups excluding carboxylic acids is 1. The second-order valence-electron chi connectivity index (χ2n) is 5.82. The minimum atomic E-state index is -0.136. The standard InChI is InChI=1S/C20H25NO2/c1-4-5-8-13-23-19-10-7-6-9-17(19)20(22)21-18-12-11-15(2)14-16(18)3/h6-7,9-12,14H,4-5,8,13H2,1-3H3,(H,21,22).